The number of carbonyl (C=O) groups is 3. The first-order chi connectivity index (χ1) is 9.56. The molecule has 0 aliphatic carbocycles. The molecule has 2 saturated heterocycles. The van der Waals surface area contributed by atoms with Crippen molar-refractivity contribution in [3.8, 4) is 0 Å². The van der Waals surface area contributed by atoms with Gasteiger partial charge in [-0.05, 0) is 24.3 Å². The van der Waals surface area contributed by atoms with Crippen molar-refractivity contribution in [3.05, 3.63) is 34.9 Å². The maximum Gasteiger partial charge on any atom is 0.253 e. The predicted octanol–water partition coefficient (Wildman–Crippen LogP) is 1.31. The van der Waals surface area contributed by atoms with Gasteiger partial charge in [0.1, 0.15) is 0 Å². The SMILES string of the molecule is O=C(c1ccc(Cl)cc1)N1CC(N2C(=O)CCC2=O)C1. The Labute approximate surface area is 121 Å². The second kappa shape index (κ2) is 4.90. The fourth-order valence-corrected chi connectivity index (χ4v) is 2.69. The Morgan fingerprint density at radius 2 is 1.60 bits per heavy atom. The van der Waals surface area contributed by atoms with Crippen molar-refractivity contribution in [3.63, 3.8) is 0 Å². The van der Waals surface area contributed by atoms with Crippen LogP contribution in [0.15, 0.2) is 24.3 Å². The second-order valence-electron chi connectivity index (χ2n) is 5.03. The van der Waals surface area contributed by atoms with Crippen LogP contribution in [0.3, 0.4) is 0 Å². The fraction of sp³-hybridized carbons (Fsp3) is 0.357. The van der Waals surface area contributed by atoms with Crippen molar-refractivity contribution in [2.24, 2.45) is 0 Å². The summed E-state index contributed by atoms with van der Waals surface area (Å²) in [5.41, 5.74) is 0.562. The third kappa shape index (κ3) is 2.18. The predicted molar refractivity (Wildman–Crippen MR) is 72.2 cm³/mol. The van der Waals surface area contributed by atoms with E-state index in [4.69, 9.17) is 11.6 Å². The highest BCUT2D eigenvalue weighted by atomic mass is 35.5. The van der Waals surface area contributed by atoms with Crippen LogP contribution in [0.1, 0.15) is 23.2 Å². The molecule has 3 amide bonds. The van der Waals surface area contributed by atoms with Gasteiger partial charge in [-0.3, -0.25) is 19.3 Å². The van der Waals surface area contributed by atoms with Crippen molar-refractivity contribution >= 4 is 29.3 Å². The van der Waals surface area contributed by atoms with Gasteiger partial charge in [0, 0.05) is 36.5 Å². The van der Waals surface area contributed by atoms with Crippen LogP contribution in [0.25, 0.3) is 0 Å². The number of carbonyl (C=O) groups excluding carboxylic acids is 3. The lowest BCUT2D eigenvalue weighted by molar-refractivity contribution is -0.144. The molecule has 0 saturated carbocycles. The summed E-state index contributed by atoms with van der Waals surface area (Å²) in [5.74, 6) is -0.353. The van der Waals surface area contributed by atoms with Crippen molar-refractivity contribution < 1.29 is 14.4 Å². The van der Waals surface area contributed by atoms with Crippen molar-refractivity contribution in [2.75, 3.05) is 13.1 Å². The molecule has 0 radical (unpaired) electrons. The van der Waals surface area contributed by atoms with Gasteiger partial charge in [0.25, 0.3) is 5.91 Å². The van der Waals surface area contributed by atoms with Crippen LogP contribution < -0.4 is 0 Å². The summed E-state index contributed by atoms with van der Waals surface area (Å²) in [5, 5.41) is 0.580. The zero-order valence-corrected chi connectivity index (χ0v) is 11.5. The van der Waals surface area contributed by atoms with E-state index in [0.717, 1.165) is 0 Å². The molecular weight excluding hydrogens is 280 g/mol. The Morgan fingerprint density at radius 1 is 1.05 bits per heavy atom. The molecule has 0 bridgehead atoms. The lowest BCUT2D eigenvalue weighted by Crippen LogP contribution is -2.62. The van der Waals surface area contributed by atoms with Crippen molar-refractivity contribution in [1.82, 2.24) is 9.80 Å². The average Bonchev–Trinajstić information content (AvgIpc) is 2.70. The molecule has 6 heteroatoms. The number of halogens is 1. The summed E-state index contributed by atoms with van der Waals surface area (Å²) < 4.78 is 0. The standard InChI is InChI=1S/C14H13ClN2O3/c15-10-3-1-9(2-4-10)14(20)16-7-11(8-16)17-12(18)5-6-13(17)19/h1-4,11H,5-8H2. The quantitative estimate of drug-likeness (QED) is 0.772. The van der Waals surface area contributed by atoms with Gasteiger partial charge in [0.2, 0.25) is 11.8 Å². The molecule has 2 heterocycles. The van der Waals surface area contributed by atoms with Crippen LogP contribution in [0.2, 0.25) is 5.02 Å². The Morgan fingerprint density at radius 3 is 2.15 bits per heavy atom. The molecule has 2 fully saturated rings. The number of rotatable bonds is 2. The third-order valence-corrected chi connectivity index (χ3v) is 3.95. The second-order valence-corrected chi connectivity index (χ2v) is 5.46. The lowest BCUT2D eigenvalue weighted by Gasteiger charge is -2.43. The highest BCUT2D eigenvalue weighted by molar-refractivity contribution is 6.30. The molecular formula is C14H13ClN2O3. The smallest absolute Gasteiger partial charge is 0.253 e. The maximum atomic E-state index is 12.2. The maximum absolute atomic E-state index is 12.2. The van der Waals surface area contributed by atoms with E-state index in [0.29, 0.717) is 36.5 Å². The Bertz CT molecular complexity index is 563. The molecule has 5 nitrogen and oxygen atoms in total. The normalized spacial score (nSPS) is 19.4. The number of benzene rings is 1. The van der Waals surface area contributed by atoms with Crippen molar-refractivity contribution in [2.45, 2.75) is 18.9 Å². The van der Waals surface area contributed by atoms with Crippen LogP contribution >= 0.6 is 11.6 Å². The monoisotopic (exact) mass is 292 g/mol. The van der Waals surface area contributed by atoms with E-state index in [2.05, 4.69) is 0 Å². The molecule has 20 heavy (non-hydrogen) atoms. The summed E-state index contributed by atoms with van der Waals surface area (Å²) in [6.07, 6.45) is 0.584. The number of hydrogen-bond acceptors (Lipinski definition) is 3. The average molecular weight is 293 g/mol. The largest absolute Gasteiger partial charge is 0.334 e. The Balaban J connectivity index is 1.63. The molecule has 2 aliphatic heterocycles. The van der Waals surface area contributed by atoms with Gasteiger partial charge in [-0.2, -0.15) is 0 Å². The molecule has 1 aromatic carbocycles. The van der Waals surface area contributed by atoms with Crippen LogP contribution in [0.4, 0.5) is 0 Å². The van der Waals surface area contributed by atoms with E-state index in [-0.39, 0.29) is 23.8 Å². The molecule has 104 valence electrons. The van der Waals surface area contributed by atoms with E-state index < -0.39 is 0 Å². The number of likely N-dealkylation sites (tertiary alicyclic amines) is 2. The summed E-state index contributed by atoms with van der Waals surface area (Å²) in [7, 11) is 0. The van der Waals surface area contributed by atoms with Gasteiger partial charge in [-0.1, -0.05) is 11.6 Å². The van der Waals surface area contributed by atoms with Gasteiger partial charge in [-0.25, -0.2) is 0 Å². The van der Waals surface area contributed by atoms with Crippen LogP contribution in [-0.2, 0) is 9.59 Å². The van der Waals surface area contributed by atoms with Gasteiger partial charge in [-0.15, -0.1) is 0 Å². The topological polar surface area (TPSA) is 57.7 Å². The summed E-state index contributed by atoms with van der Waals surface area (Å²) in [4.78, 5) is 38.3. The van der Waals surface area contributed by atoms with Gasteiger partial charge >= 0.3 is 0 Å². The fourth-order valence-electron chi connectivity index (χ4n) is 2.56. The van der Waals surface area contributed by atoms with Crippen molar-refractivity contribution in [1.29, 1.82) is 0 Å². The minimum absolute atomic E-state index is 0.1000. The minimum atomic E-state index is -0.159. The minimum Gasteiger partial charge on any atom is -0.334 e. The molecule has 0 aromatic heterocycles. The molecule has 1 aromatic rings. The molecule has 0 spiro atoms. The highest BCUT2D eigenvalue weighted by Crippen LogP contribution is 2.24. The third-order valence-electron chi connectivity index (χ3n) is 3.70. The molecule has 0 unspecified atom stereocenters. The van der Waals surface area contributed by atoms with E-state index in [9.17, 15) is 14.4 Å². The Hall–Kier alpha value is -1.88. The van der Waals surface area contributed by atoms with E-state index in [1.807, 2.05) is 0 Å². The first-order valence-corrected chi connectivity index (χ1v) is 6.84. The Kier molecular flexibility index (Phi) is 3.22. The molecule has 2 aliphatic rings. The van der Waals surface area contributed by atoms with Gasteiger partial charge in [0.05, 0.1) is 6.04 Å². The van der Waals surface area contributed by atoms with E-state index in [1.54, 1.807) is 29.2 Å². The lowest BCUT2D eigenvalue weighted by atomic mass is 10.1. The summed E-state index contributed by atoms with van der Waals surface area (Å²) in [6, 6.07) is 6.52. The first kappa shape index (κ1) is 13.1. The molecule has 0 atom stereocenters. The van der Waals surface area contributed by atoms with Crippen LogP contribution in [0.5, 0.6) is 0 Å². The van der Waals surface area contributed by atoms with Gasteiger partial charge in [0.15, 0.2) is 0 Å². The first-order valence-electron chi connectivity index (χ1n) is 6.46. The number of imide groups is 1. The summed E-state index contributed by atoms with van der Waals surface area (Å²) in [6.45, 7) is 0.831. The molecule has 0 N–H and O–H groups in total. The van der Waals surface area contributed by atoms with Crippen LogP contribution in [0, 0.1) is 0 Å². The number of amides is 3. The van der Waals surface area contributed by atoms with E-state index in [1.165, 1.54) is 4.90 Å². The van der Waals surface area contributed by atoms with Crippen LogP contribution in [-0.4, -0.2) is 46.7 Å². The number of nitrogens with zero attached hydrogens (tertiary/aromatic N) is 2. The molecule has 3 rings (SSSR count). The number of hydrogen-bond donors (Lipinski definition) is 0. The zero-order valence-electron chi connectivity index (χ0n) is 10.7. The summed E-state index contributed by atoms with van der Waals surface area (Å²) >= 11 is 5.78. The zero-order chi connectivity index (χ0) is 14.3. The highest BCUT2D eigenvalue weighted by Gasteiger charge is 2.42. The van der Waals surface area contributed by atoms with Gasteiger partial charge < -0.3 is 4.90 Å². The van der Waals surface area contributed by atoms with E-state index >= 15 is 0 Å².